The lowest BCUT2D eigenvalue weighted by atomic mass is 10.1. The van der Waals surface area contributed by atoms with Crippen LogP contribution in [0.1, 0.15) is 18.2 Å². The predicted molar refractivity (Wildman–Crippen MR) is 114 cm³/mol. The van der Waals surface area contributed by atoms with Crippen LogP contribution in [0.2, 0.25) is 5.02 Å². The zero-order valence-corrected chi connectivity index (χ0v) is 16.8. The Morgan fingerprint density at radius 1 is 1.21 bits per heavy atom. The first-order valence-electron chi connectivity index (χ1n) is 9.02. The summed E-state index contributed by atoms with van der Waals surface area (Å²) in [6, 6.07) is 17.9. The third kappa shape index (κ3) is 5.07. The van der Waals surface area contributed by atoms with Gasteiger partial charge in [-0.2, -0.15) is 5.26 Å². The van der Waals surface area contributed by atoms with Crippen molar-refractivity contribution in [2.75, 3.05) is 11.9 Å². The fourth-order valence-corrected chi connectivity index (χ4v) is 2.90. The first kappa shape index (κ1) is 20.2. The number of anilines is 1. The van der Waals surface area contributed by atoms with E-state index in [1.54, 1.807) is 36.4 Å². The maximum absolute atomic E-state index is 12.4. The van der Waals surface area contributed by atoms with Gasteiger partial charge in [0.25, 0.3) is 5.91 Å². The number of nitriles is 1. The molecule has 5 nitrogen and oxygen atoms in total. The fourth-order valence-electron chi connectivity index (χ4n) is 2.73. The van der Waals surface area contributed by atoms with Crippen LogP contribution in [0.5, 0.6) is 5.75 Å². The van der Waals surface area contributed by atoms with E-state index < -0.39 is 5.91 Å². The summed E-state index contributed by atoms with van der Waals surface area (Å²) in [6.07, 6.45) is 1.41. The van der Waals surface area contributed by atoms with Gasteiger partial charge in [0.15, 0.2) is 0 Å². The molecular weight excluding hydrogens is 388 g/mol. The summed E-state index contributed by atoms with van der Waals surface area (Å²) in [5, 5.41) is 12.7. The van der Waals surface area contributed by atoms with Crippen LogP contribution in [0.15, 0.2) is 64.6 Å². The van der Waals surface area contributed by atoms with Crippen molar-refractivity contribution in [3.05, 3.63) is 76.5 Å². The minimum absolute atomic E-state index is 0.0670. The zero-order valence-electron chi connectivity index (χ0n) is 16.0. The molecule has 0 radical (unpaired) electrons. The van der Waals surface area contributed by atoms with E-state index in [4.69, 9.17) is 20.8 Å². The molecule has 0 saturated carbocycles. The van der Waals surface area contributed by atoms with Gasteiger partial charge in [-0.05, 0) is 67.9 Å². The fraction of sp³-hybridized carbons (Fsp3) is 0.130. The topological polar surface area (TPSA) is 75.3 Å². The molecule has 146 valence electrons. The lowest BCUT2D eigenvalue weighted by molar-refractivity contribution is -0.112. The number of nitrogens with one attached hydrogen (secondary N) is 1. The van der Waals surface area contributed by atoms with Gasteiger partial charge in [-0.3, -0.25) is 4.79 Å². The number of hydrogen-bond acceptors (Lipinski definition) is 4. The van der Waals surface area contributed by atoms with Crippen molar-refractivity contribution in [3.8, 4) is 23.1 Å². The Bertz CT molecular complexity index is 1090. The van der Waals surface area contributed by atoms with Gasteiger partial charge >= 0.3 is 0 Å². The quantitative estimate of drug-likeness (QED) is 0.411. The Balaban J connectivity index is 1.77. The molecule has 3 rings (SSSR count). The number of aryl methyl sites for hydroxylation is 1. The molecule has 6 heteroatoms. The number of rotatable bonds is 6. The van der Waals surface area contributed by atoms with E-state index in [1.165, 1.54) is 6.08 Å². The van der Waals surface area contributed by atoms with Gasteiger partial charge in [0, 0.05) is 22.3 Å². The lowest BCUT2D eigenvalue weighted by Crippen LogP contribution is -2.13. The van der Waals surface area contributed by atoms with Crippen LogP contribution in [0.25, 0.3) is 17.4 Å². The van der Waals surface area contributed by atoms with Crippen LogP contribution in [-0.4, -0.2) is 12.5 Å². The van der Waals surface area contributed by atoms with Gasteiger partial charge in [-0.1, -0.05) is 17.7 Å². The standard InChI is InChI=1S/C23H19ClN2O3/c1-3-28-19-8-6-18(7-9-19)26-23(27)16(14-25)12-20-10-11-22(29-20)21-13-17(24)5-4-15(21)2/h4-13H,3H2,1-2H3,(H,26,27). The normalized spacial score (nSPS) is 11.0. The SMILES string of the molecule is CCOc1ccc(NC(=O)C(C#N)=Cc2ccc(-c3cc(Cl)ccc3C)o2)cc1. The predicted octanol–water partition coefficient (Wildman–Crippen LogP) is 5.85. The third-order valence-electron chi connectivity index (χ3n) is 4.17. The van der Waals surface area contributed by atoms with Gasteiger partial charge in [-0.15, -0.1) is 0 Å². The van der Waals surface area contributed by atoms with E-state index in [2.05, 4.69) is 5.32 Å². The number of ether oxygens (including phenoxy) is 1. The maximum Gasteiger partial charge on any atom is 0.266 e. The molecule has 0 unspecified atom stereocenters. The summed E-state index contributed by atoms with van der Waals surface area (Å²) in [4.78, 5) is 12.4. The molecule has 3 aromatic rings. The molecule has 1 N–H and O–H groups in total. The van der Waals surface area contributed by atoms with Gasteiger partial charge in [0.2, 0.25) is 0 Å². The van der Waals surface area contributed by atoms with Crippen molar-refractivity contribution in [1.82, 2.24) is 0 Å². The Morgan fingerprint density at radius 3 is 2.66 bits per heavy atom. The molecule has 0 atom stereocenters. The molecule has 0 aliphatic heterocycles. The highest BCUT2D eigenvalue weighted by Gasteiger charge is 2.12. The number of amides is 1. The Labute approximate surface area is 174 Å². The van der Waals surface area contributed by atoms with Gasteiger partial charge < -0.3 is 14.5 Å². The average Bonchev–Trinajstić information content (AvgIpc) is 3.18. The van der Waals surface area contributed by atoms with Gasteiger partial charge in [0.05, 0.1) is 6.61 Å². The van der Waals surface area contributed by atoms with E-state index in [0.717, 1.165) is 11.1 Å². The number of carbonyl (C=O) groups is 1. The highest BCUT2D eigenvalue weighted by molar-refractivity contribution is 6.30. The molecule has 2 aromatic carbocycles. The first-order valence-corrected chi connectivity index (χ1v) is 9.40. The van der Waals surface area contributed by atoms with Crippen molar-refractivity contribution in [1.29, 1.82) is 5.26 Å². The van der Waals surface area contributed by atoms with Gasteiger partial charge in [-0.25, -0.2) is 0 Å². The van der Waals surface area contributed by atoms with E-state index >= 15 is 0 Å². The second-order valence-corrected chi connectivity index (χ2v) is 6.68. The van der Waals surface area contributed by atoms with Crippen LogP contribution in [0.4, 0.5) is 5.69 Å². The molecule has 0 bridgehead atoms. The lowest BCUT2D eigenvalue weighted by Gasteiger charge is -2.06. The first-order chi connectivity index (χ1) is 14.0. The second kappa shape index (κ2) is 9.13. The number of nitrogens with zero attached hydrogens (tertiary/aromatic N) is 1. The molecule has 1 amide bonds. The minimum Gasteiger partial charge on any atom is -0.494 e. The summed E-state index contributed by atoms with van der Waals surface area (Å²) in [7, 11) is 0. The number of furan rings is 1. The molecule has 1 heterocycles. The number of benzene rings is 2. The summed E-state index contributed by atoms with van der Waals surface area (Å²) >= 11 is 6.07. The maximum atomic E-state index is 12.4. The molecule has 29 heavy (non-hydrogen) atoms. The Kier molecular flexibility index (Phi) is 6.38. The highest BCUT2D eigenvalue weighted by atomic mass is 35.5. The molecule has 1 aromatic heterocycles. The minimum atomic E-state index is -0.520. The van der Waals surface area contributed by atoms with Crippen LogP contribution < -0.4 is 10.1 Å². The molecular formula is C23H19ClN2O3. The summed E-state index contributed by atoms with van der Waals surface area (Å²) in [5.74, 6) is 1.20. The van der Waals surface area contributed by atoms with Crippen molar-refractivity contribution >= 4 is 29.3 Å². The number of halogens is 1. The summed E-state index contributed by atoms with van der Waals surface area (Å²) in [5.41, 5.74) is 2.36. The van der Waals surface area contributed by atoms with E-state index in [1.807, 2.05) is 38.1 Å². The van der Waals surface area contributed by atoms with Crippen LogP contribution in [0, 0.1) is 18.3 Å². The zero-order chi connectivity index (χ0) is 20.8. The third-order valence-corrected chi connectivity index (χ3v) is 4.40. The van der Waals surface area contributed by atoms with Crippen molar-refractivity contribution in [2.24, 2.45) is 0 Å². The van der Waals surface area contributed by atoms with Crippen LogP contribution in [-0.2, 0) is 4.79 Å². The second-order valence-electron chi connectivity index (χ2n) is 6.24. The smallest absolute Gasteiger partial charge is 0.266 e. The number of carbonyl (C=O) groups excluding carboxylic acids is 1. The highest BCUT2D eigenvalue weighted by Crippen LogP contribution is 2.29. The van der Waals surface area contributed by atoms with E-state index in [-0.39, 0.29) is 5.57 Å². The summed E-state index contributed by atoms with van der Waals surface area (Å²) in [6.45, 7) is 4.41. The van der Waals surface area contributed by atoms with Crippen molar-refractivity contribution in [2.45, 2.75) is 13.8 Å². The van der Waals surface area contributed by atoms with Crippen molar-refractivity contribution < 1.29 is 13.9 Å². The molecule has 0 aliphatic rings. The Hall–Kier alpha value is -3.49. The largest absolute Gasteiger partial charge is 0.494 e. The average molecular weight is 407 g/mol. The molecule has 0 saturated heterocycles. The molecule has 0 spiro atoms. The Morgan fingerprint density at radius 2 is 1.97 bits per heavy atom. The monoisotopic (exact) mass is 406 g/mol. The summed E-state index contributed by atoms with van der Waals surface area (Å²) < 4.78 is 11.2. The van der Waals surface area contributed by atoms with Crippen LogP contribution in [0.3, 0.4) is 0 Å². The van der Waals surface area contributed by atoms with Gasteiger partial charge in [0.1, 0.15) is 28.9 Å². The molecule has 0 aliphatic carbocycles. The molecule has 0 fully saturated rings. The van der Waals surface area contributed by atoms with Crippen LogP contribution >= 0.6 is 11.6 Å². The van der Waals surface area contributed by atoms with E-state index in [9.17, 15) is 10.1 Å². The van der Waals surface area contributed by atoms with E-state index in [0.29, 0.717) is 34.6 Å². The van der Waals surface area contributed by atoms with Crippen molar-refractivity contribution in [3.63, 3.8) is 0 Å². The number of hydrogen-bond donors (Lipinski definition) is 1.